The Hall–Kier alpha value is -2.66. The van der Waals surface area contributed by atoms with Gasteiger partial charge in [-0.2, -0.15) is 0 Å². The molecule has 4 nitrogen and oxygen atoms in total. The monoisotopic (exact) mass is 325 g/mol. The molecule has 23 heavy (non-hydrogen) atoms. The third kappa shape index (κ3) is 3.24. The van der Waals surface area contributed by atoms with Crippen molar-refractivity contribution in [2.75, 3.05) is 14.2 Å². The first-order valence-corrected chi connectivity index (χ1v) is 7.83. The summed E-state index contributed by atoms with van der Waals surface area (Å²) in [5, 5.41) is 0.489. The topological polar surface area (TPSA) is 48.4 Å². The van der Waals surface area contributed by atoms with Crippen molar-refractivity contribution in [1.82, 2.24) is 4.98 Å². The minimum absolute atomic E-state index is 0.110. The number of ketones is 1. The number of ether oxygens (including phenoxy) is 2. The first-order valence-electron chi connectivity index (χ1n) is 7.01. The number of hydrogen-bond donors (Lipinski definition) is 0. The van der Waals surface area contributed by atoms with Crippen LogP contribution >= 0.6 is 11.3 Å². The van der Waals surface area contributed by atoms with Crippen molar-refractivity contribution in [3.8, 4) is 11.5 Å². The van der Waals surface area contributed by atoms with Crippen molar-refractivity contribution in [1.29, 1.82) is 0 Å². The molecule has 0 saturated carbocycles. The van der Waals surface area contributed by atoms with E-state index in [1.807, 2.05) is 36.4 Å². The van der Waals surface area contributed by atoms with Crippen LogP contribution in [0.25, 0.3) is 16.3 Å². The van der Waals surface area contributed by atoms with Crippen molar-refractivity contribution in [2.24, 2.45) is 0 Å². The van der Waals surface area contributed by atoms with Crippen LogP contribution in [0, 0.1) is 0 Å². The molecule has 0 aliphatic carbocycles. The Morgan fingerprint density at radius 1 is 1.09 bits per heavy atom. The number of para-hydroxylation sites is 1. The summed E-state index contributed by atoms with van der Waals surface area (Å²) in [5.41, 5.74) is 1.71. The quantitative estimate of drug-likeness (QED) is 0.521. The molecule has 1 heterocycles. The van der Waals surface area contributed by atoms with Gasteiger partial charge >= 0.3 is 0 Å². The largest absolute Gasteiger partial charge is 0.493 e. The lowest BCUT2D eigenvalue weighted by atomic mass is 10.1. The molecule has 0 aliphatic rings. The fraction of sp³-hybridized carbons (Fsp3) is 0.111. The number of carbonyl (C=O) groups is 1. The molecule has 1 aromatic heterocycles. The molecule has 2 aromatic carbocycles. The predicted molar refractivity (Wildman–Crippen MR) is 92.5 cm³/mol. The minimum Gasteiger partial charge on any atom is -0.493 e. The lowest BCUT2D eigenvalue weighted by molar-refractivity contribution is 0.104. The van der Waals surface area contributed by atoms with Crippen LogP contribution in [0.4, 0.5) is 0 Å². The molecule has 0 amide bonds. The number of rotatable bonds is 5. The maximum atomic E-state index is 12.3. The lowest BCUT2D eigenvalue weighted by Gasteiger charge is -2.07. The first-order chi connectivity index (χ1) is 11.2. The van der Waals surface area contributed by atoms with Crippen LogP contribution in [0.5, 0.6) is 11.5 Å². The molecule has 0 unspecified atom stereocenters. The first kappa shape index (κ1) is 15.2. The SMILES string of the molecule is COc1ccc(/C=C/C(=O)c2nc3ccccc3s2)cc1OC. The number of hydrogen-bond acceptors (Lipinski definition) is 5. The van der Waals surface area contributed by atoms with Crippen LogP contribution in [0.3, 0.4) is 0 Å². The summed E-state index contributed by atoms with van der Waals surface area (Å²) in [6.45, 7) is 0. The fourth-order valence-electron chi connectivity index (χ4n) is 2.18. The smallest absolute Gasteiger partial charge is 0.214 e. The fourth-order valence-corrected chi connectivity index (χ4v) is 3.06. The van der Waals surface area contributed by atoms with E-state index in [0.717, 1.165) is 15.8 Å². The number of thiazole rings is 1. The second kappa shape index (κ2) is 6.62. The number of methoxy groups -OCH3 is 2. The van der Waals surface area contributed by atoms with Gasteiger partial charge in [0.25, 0.3) is 0 Å². The normalized spacial score (nSPS) is 11.0. The number of fused-ring (bicyclic) bond motifs is 1. The highest BCUT2D eigenvalue weighted by atomic mass is 32.1. The van der Waals surface area contributed by atoms with Gasteiger partial charge in [-0.1, -0.05) is 24.3 Å². The molecule has 0 atom stereocenters. The molecule has 0 bridgehead atoms. The lowest BCUT2D eigenvalue weighted by Crippen LogP contribution is -1.93. The molecule has 0 aliphatic heterocycles. The number of nitrogens with zero attached hydrogens (tertiary/aromatic N) is 1. The van der Waals surface area contributed by atoms with Crippen LogP contribution in [-0.4, -0.2) is 25.0 Å². The molecule has 0 N–H and O–H groups in total. The van der Waals surface area contributed by atoms with Gasteiger partial charge in [0.1, 0.15) is 0 Å². The summed E-state index contributed by atoms with van der Waals surface area (Å²) in [6, 6.07) is 13.2. The van der Waals surface area contributed by atoms with Gasteiger partial charge in [-0.05, 0) is 35.9 Å². The van der Waals surface area contributed by atoms with Crippen LogP contribution < -0.4 is 9.47 Å². The van der Waals surface area contributed by atoms with E-state index in [1.54, 1.807) is 26.4 Å². The van der Waals surface area contributed by atoms with E-state index in [0.29, 0.717) is 16.5 Å². The average molecular weight is 325 g/mol. The second-order valence-electron chi connectivity index (χ2n) is 4.80. The van der Waals surface area contributed by atoms with E-state index in [4.69, 9.17) is 9.47 Å². The van der Waals surface area contributed by atoms with Gasteiger partial charge in [0.15, 0.2) is 16.5 Å². The van der Waals surface area contributed by atoms with Gasteiger partial charge in [0.2, 0.25) is 5.78 Å². The Morgan fingerprint density at radius 3 is 2.61 bits per heavy atom. The maximum Gasteiger partial charge on any atom is 0.214 e. The van der Waals surface area contributed by atoms with E-state index >= 15 is 0 Å². The number of aromatic nitrogens is 1. The van der Waals surface area contributed by atoms with Gasteiger partial charge < -0.3 is 9.47 Å². The average Bonchev–Trinajstić information content (AvgIpc) is 3.03. The molecule has 0 spiro atoms. The van der Waals surface area contributed by atoms with Crippen molar-refractivity contribution < 1.29 is 14.3 Å². The standard InChI is InChI=1S/C18H15NO3S/c1-21-15-10-8-12(11-16(15)22-2)7-9-14(20)18-19-13-5-3-4-6-17(13)23-18/h3-11H,1-2H3/b9-7+. The summed E-state index contributed by atoms with van der Waals surface area (Å²) in [6.07, 6.45) is 3.27. The third-order valence-corrected chi connectivity index (χ3v) is 4.39. The molecular weight excluding hydrogens is 310 g/mol. The van der Waals surface area contributed by atoms with Crippen molar-refractivity contribution in [3.05, 3.63) is 59.1 Å². The van der Waals surface area contributed by atoms with Gasteiger partial charge in [0.05, 0.1) is 24.4 Å². The minimum atomic E-state index is -0.110. The van der Waals surface area contributed by atoms with Gasteiger partial charge in [-0.3, -0.25) is 4.79 Å². The van der Waals surface area contributed by atoms with E-state index in [2.05, 4.69) is 4.98 Å². The zero-order chi connectivity index (χ0) is 16.2. The Labute approximate surface area is 138 Å². The highest BCUT2D eigenvalue weighted by molar-refractivity contribution is 7.20. The van der Waals surface area contributed by atoms with Gasteiger partial charge in [-0.25, -0.2) is 4.98 Å². The van der Waals surface area contributed by atoms with E-state index in [1.165, 1.54) is 17.4 Å². The van der Waals surface area contributed by atoms with E-state index < -0.39 is 0 Å². The molecule has 3 rings (SSSR count). The predicted octanol–water partition coefficient (Wildman–Crippen LogP) is 4.21. The zero-order valence-electron chi connectivity index (χ0n) is 12.8. The summed E-state index contributed by atoms with van der Waals surface area (Å²) in [7, 11) is 3.17. The molecule has 0 radical (unpaired) electrons. The highest BCUT2D eigenvalue weighted by Crippen LogP contribution is 2.28. The summed E-state index contributed by atoms with van der Waals surface area (Å²) < 4.78 is 11.5. The zero-order valence-corrected chi connectivity index (χ0v) is 13.6. The summed E-state index contributed by atoms with van der Waals surface area (Å²) >= 11 is 1.40. The van der Waals surface area contributed by atoms with Crippen LogP contribution in [-0.2, 0) is 0 Å². The van der Waals surface area contributed by atoms with Gasteiger partial charge in [0, 0.05) is 0 Å². The van der Waals surface area contributed by atoms with E-state index in [-0.39, 0.29) is 5.78 Å². The molecule has 5 heteroatoms. The number of benzene rings is 2. The van der Waals surface area contributed by atoms with E-state index in [9.17, 15) is 4.79 Å². The Kier molecular flexibility index (Phi) is 4.39. The maximum absolute atomic E-state index is 12.3. The Balaban J connectivity index is 1.83. The van der Waals surface area contributed by atoms with Crippen molar-refractivity contribution in [3.63, 3.8) is 0 Å². The molecule has 0 saturated heterocycles. The molecule has 3 aromatic rings. The van der Waals surface area contributed by atoms with Crippen LogP contribution in [0.15, 0.2) is 48.5 Å². The Bertz CT molecular complexity index is 850. The molecule has 116 valence electrons. The molecular formula is C18H15NO3S. The van der Waals surface area contributed by atoms with Crippen LogP contribution in [0.1, 0.15) is 15.4 Å². The van der Waals surface area contributed by atoms with Crippen molar-refractivity contribution >= 4 is 33.4 Å². The summed E-state index contributed by atoms with van der Waals surface area (Å²) in [4.78, 5) is 16.6. The molecule has 0 fully saturated rings. The van der Waals surface area contributed by atoms with Crippen molar-refractivity contribution in [2.45, 2.75) is 0 Å². The highest BCUT2D eigenvalue weighted by Gasteiger charge is 2.09. The van der Waals surface area contributed by atoms with Crippen LogP contribution in [0.2, 0.25) is 0 Å². The van der Waals surface area contributed by atoms with Gasteiger partial charge in [-0.15, -0.1) is 11.3 Å². The summed E-state index contributed by atoms with van der Waals surface area (Å²) in [5.74, 6) is 1.17. The number of allylic oxidation sites excluding steroid dienone is 1. The Morgan fingerprint density at radius 2 is 1.87 bits per heavy atom. The second-order valence-corrected chi connectivity index (χ2v) is 5.83. The third-order valence-electron chi connectivity index (χ3n) is 3.34. The number of carbonyl (C=O) groups excluding carboxylic acids is 1.